The van der Waals surface area contributed by atoms with E-state index >= 15 is 0 Å². The zero-order chi connectivity index (χ0) is 23.3. The molecule has 1 aliphatic rings. The van der Waals surface area contributed by atoms with Crippen LogP contribution in [0.5, 0.6) is 5.75 Å². The van der Waals surface area contributed by atoms with Crippen LogP contribution in [0.4, 0.5) is 10.2 Å². The highest BCUT2D eigenvalue weighted by molar-refractivity contribution is 5.99. The van der Waals surface area contributed by atoms with Crippen LogP contribution in [0.1, 0.15) is 40.2 Å². The number of imidazole rings is 1. The summed E-state index contributed by atoms with van der Waals surface area (Å²) >= 11 is 0. The first-order valence-corrected chi connectivity index (χ1v) is 10.6. The first-order chi connectivity index (χ1) is 15.8. The third kappa shape index (κ3) is 3.80. The first kappa shape index (κ1) is 21.0. The standard InChI is InChI=1S/C24H23FN6O2/c1-13-8-28-24-29-19-11-30(3)12-20(32)17-5-4-16(25)7-18(17)14(2)33-21-6-15(9-27-23(21)26)22(19)31(24)10-13/h4-10,14H,11-12H2,1-3H3,(H2,26,27)/t14-/m1/s1. The summed E-state index contributed by atoms with van der Waals surface area (Å²) in [5, 5.41) is 0. The second kappa shape index (κ2) is 7.93. The molecule has 0 aliphatic carbocycles. The minimum Gasteiger partial charge on any atom is -0.482 e. The number of hydrogen-bond donors (Lipinski definition) is 1. The molecule has 0 saturated heterocycles. The predicted molar refractivity (Wildman–Crippen MR) is 121 cm³/mol. The third-order valence-corrected chi connectivity index (χ3v) is 5.73. The molecule has 0 saturated carbocycles. The van der Waals surface area contributed by atoms with Gasteiger partial charge >= 0.3 is 0 Å². The molecule has 1 atom stereocenters. The third-order valence-electron chi connectivity index (χ3n) is 5.73. The first-order valence-electron chi connectivity index (χ1n) is 10.6. The number of anilines is 1. The van der Waals surface area contributed by atoms with Crippen LogP contribution >= 0.6 is 0 Å². The Hall–Kier alpha value is -3.85. The number of halogens is 1. The van der Waals surface area contributed by atoms with Crippen molar-refractivity contribution in [2.24, 2.45) is 0 Å². The molecule has 1 aromatic carbocycles. The van der Waals surface area contributed by atoms with Crippen molar-refractivity contribution >= 4 is 17.4 Å². The highest BCUT2D eigenvalue weighted by atomic mass is 19.1. The number of likely N-dealkylation sites (N-methyl/N-ethyl adjacent to an activating group) is 1. The molecule has 4 aromatic rings. The maximum absolute atomic E-state index is 14.1. The zero-order valence-electron chi connectivity index (χ0n) is 18.5. The molecular formula is C24H23FN6O2. The van der Waals surface area contributed by atoms with E-state index in [-0.39, 0.29) is 18.1 Å². The quantitative estimate of drug-likeness (QED) is 0.441. The van der Waals surface area contributed by atoms with Gasteiger partial charge in [0.05, 0.1) is 17.9 Å². The second-order valence-electron chi connectivity index (χ2n) is 8.40. The van der Waals surface area contributed by atoms with Crippen molar-refractivity contribution in [2.75, 3.05) is 19.3 Å². The van der Waals surface area contributed by atoms with Crippen LogP contribution in [0.2, 0.25) is 0 Å². The minimum atomic E-state index is -0.629. The normalized spacial score (nSPS) is 16.8. The molecule has 168 valence electrons. The van der Waals surface area contributed by atoms with Gasteiger partial charge in [-0.15, -0.1) is 0 Å². The van der Waals surface area contributed by atoms with Crippen molar-refractivity contribution in [3.05, 3.63) is 71.1 Å². The lowest BCUT2D eigenvalue weighted by atomic mass is 9.99. The maximum atomic E-state index is 14.1. The Labute approximate surface area is 189 Å². The van der Waals surface area contributed by atoms with Crippen LogP contribution in [-0.4, -0.2) is 43.6 Å². The number of aryl methyl sites for hydroxylation is 1. The number of benzene rings is 1. The number of fused-ring (bicyclic) bond motifs is 7. The van der Waals surface area contributed by atoms with E-state index in [2.05, 4.69) is 9.97 Å². The number of hydrogen-bond acceptors (Lipinski definition) is 7. The Balaban J connectivity index is 1.73. The van der Waals surface area contributed by atoms with E-state index in [9.17, 15) is 9.18 Å². The Morgan fingerprint density at radius 3 is 2.82 bits per heavy atom. The maximum Gasteiger partial charge on any atom is 0.234 e. The molecular weight excluding hydrogens is 423 g/mol. The van der Waals surface area contributed by atoms with Gasteiger partial charge in [-0.25, -0.2) is 19.3 Å². The summed E-state index contributed by atoms with van der Waals surface area (Å²) in [6.45, 7) is 4.24. The highest BCUT2D eigenvalue weighted by Crippen LogP contribution is 2.34. The van der Waals surface area contributed by atoms with Crippen molar-refractivity contribution in [1.29, 1.82) is 0 Å². The van der Waals surface area contributed by atoms with Gasteiger partial charge in [0.1, 0.15) is 11.9 Å². The molecule has 2 bridgehead atoms. The lowest BCUT2D eigenvalue weighted by molar-refractivity contribution is 0.0938. The van der Waals surface area contributed by atoms with Crippen LogP contribution in [0, 0.1) is 12.7 Å². The summed E-state index contributed by atoms with van der Waals surface area (Å²) in [7, 11) is 1.85. The smallest absolute Gasteiger partial charge is 0.234 e. The van der Waals surface area contributed by atoms with Crippen molar-refractivity contribution < 1.29 is 13.9 Å². The van der Waals surface area contributed by atoms with Gasteiger partial charge in [0.25, 0.3) is 0 Å². The van der Waals surface area contributed by atoms with E-state index < -0.39 is 11.9 Å². The van der Waals surface area contributed by atoms with Gasteiger partial charge in [0.2, 0.25) is 5.78 Å². The largest absolute Gasteiger partial charge is 0.482 e. The van der Waals surface area contributed by atoms with Gasteiger partial charge < -0.3 is 10.5 Å². The van der Waals surface area contributed by atoms with Crippen molar-refractivity contribution in [2.45, 2.75) is 26.5 Å². The zero-order valence-corrected chi connectivity index (χ0v) is 18.5. The topological polar surface area (TPSA) is 98.6 Å². The summed E-state index contributed by atoms with van der Waals surface area (Å²) in [5.74, 6) is 0.512. The summed E-state index contributed by atoms with van der Waals surface area (Å²) in [4.78, 5) is 28.5. The molecule has 33 heavy (non-hydrogen) atoms. The van der Waals surface area contributed by atoms with Gasteiger partial charge in [-0.05, 0) is 50.7 Å². The predicted octanol–water partition coefficient (Wildman–Crippen LogP) is 3.59. The lowest BCUT2D eigenvalue weighted by Crippen LogP contribution is -2.27. The Kier molecular flexibility index (Phi) is 5.05. The van der Waals surface area contributed by atoms with Gasteiger partial charge in [0, 0.05) is 41.8 Å². The second-order valence-corrected chi connectivity index (χ2v) is 8.40. The number of pyridine rings is 1. The van der Waals surface area contributed by atoms with Gasteiger partial charge in [-0.3, -0.25) is 14.1 Å². The highest BCUT2D eigenvalue weighted by Gasteiger charge is 2.24. The van der Waals surface area contributed by atoms with Crippen LogP contribution in [-0.2, 0) is 6.54 Å². The Bertz CT molecular complexity index is 1400. The molecule has 0 amide bonds. The number of Topliss-reactive ketones (excluding diaryl/α,β-unsaturated/α-hetero) is 1. The Morgan fingerprint density at radius 2 is 2.00 bits per heavy atom. The summed E-state index contributed by atoms with van der Waals surface area (Å²) < 4.78 is 22.1. The SMILES string of the molecule is Cc1cnc2nc3c(n2c1)-c1cnc(N)c(c1)O[C@H](C)c1cc(F)ccc1C(=O)CN(C)C3. The van der Waals surface area contributed by atoms with E-state index in [4.69, 9.17) is 15.5 Å². The molecule has 2 N–H and O–H groups in total. The van der Waals surface area contributed by atoms with Crippen LogP contribution < -0.4 is 10.5 Å². The Morgan fingerprint density at radius 1 is 1.18 bits per heavy atom. The summed E-state index contributed by atoms with van der Waals surface area (Å²) in [5.41, 5.74) is 10.3. The number of rotatable bonds is 0. The summed E-state index contributed by atoms with van der Waals surface area (Å²) in [6, 6.07) is 5.92. The fraction of sp³-hybridized carbons (Fsp3) is 0.250. The van der Waals surface area contributed by atoms with E-state index in [1.807, 2.05) is 29.5 Å². The summed E-state index contributed by atoms with van der Waals surface area (Å²) in [6.07, 6.45) is 4.75. The van der Waals surface area contributed by atoms with E-state index in [0.29, 0.717) is 29.2 Å². The average Bonchev–Trinajstić information content (AvgIpc) is 3.11. The van der Waals surface area contributed by atoms with Gasteiger partial charge in [-0.2, -0.15) is 0 Å². The molecule has 0 unspecified atom stereocenters. The van der Waals surface area contributed by atoms with Gasteiger partial charge in [-0.1, -0.05) is 0 Å². The molecule has 0 spiro atoms. The molecule has 9 heteroatoms. The molecule has 8 nitrogen and oxygen atoms in total. The number of nitrogens with two attached hydrogens (primary N) is 1. The average molecular weight is 446 g/mol. The van der Waals surface area contributed by atoms with Crippen LogP contribution in [0.15, 0.2) is 42.9 Å². The molecule has 0 radical (unpaired) electrons. The van der Waals surface area contributed by atoms with Crippen LogP contribution in [0.25, 0.3) is 17.0 Å². The number of aromatic nitrogens is 4. The fourth-order valence-corrected chi connectivity index (χ4v) is 4.19. The van der Waals surface area contributed by atoms with E-state index in [1.54, 1.807) is 25.4 Å². The number of ketones is 1. The number of nitrogen functional groups attached to an aromatic ring is 1. The lowest BCUT2D eigenvalue weighted by Gasteiger charge is -2.20. The molecule has 0 fully saturated rings. The minimum absolute atomic E-state index is 0.128. The number of carbonyl (C=O) groups is 1. The van der Waals surface area contributed by atoms with Crippen molar-refractivity contribution in [3.8, 4) is 17.0 Å². The van der Waals surface area contributed by atoms with Crippen molar-refractivity contribution in [1.82, 2.24) is 24.3 Å². The molecule has 4 heterocycles. The number of nitrogens with zero attached hydrogens (tertiary/aromatic N) is 5. The molecule has 5 rings (SSSR count). The van der Waals surface area contributed by atoms with E-state index in [0.717, 1.165) is 22.5 Å². The molecule has 3 aromatic heterocycles. The number of ether oxygens (including phenoxy) is 1. The monoisotopic (exact) mass is 446 g/mol. The fourth-order valence-electron chi connectivity index (χ4n) is 4.19. The van der Waals surface area contributed by atoms with E-state index in [1.165, 1.54) is 18.2 Å². The van der Waals surface area contributed by atoms with Gasteiger partial charge in [0.15, 0.2) is 17.4 Å². The van der Waals surface area contributed by atoms with Crippen molar-refractivity contribution in [3.63, 3.8) is 0 Å². The number of carbonyl (C=O) groups excluding carboxylic acids is 1. The molecule has 1 aliphatic heterocycles. The van der Waals surface area contributed by atoms with Crippen LogP contribution in [0.3, 0.4) is 0 Å².